The highest BCUT2D eigenvalue weighted by atomic mass is 16.5. The van der Waals surface area contributed by atoms with Crippen molar-refractivity contribution >= 4 is 45.9 Å². The normalized spacial score (nSPS) is 20.6. The Bertz CT molecular complexity index is 2330. The van der Waals surface area contributed by atoms with Gasteiger partial charge in [-0.1, -0.05) is 18.2 Å². The number of hydrogen-bond donors (Lipinski definition) is 4. The molecule has 4 aliphatic rings. The van der Waals surface area contributed by atoms with Crippen molar-refractivity contribution in [1.29, 1.82) is 0 Å². The summed E-state index contributed by atoms with van der Waals surface area (Å²) in [6.45, 7) is 1.23. The largest absolute Gasteiger partial charge is 0.453 e. The number of benzene rings is 2. The Labute approximate surface area is 322 Å². The van der Waals surface area contributed by atoms with E-state index in [1.165, 1.54) is 14.2 Å². The van der Waals surface area contributed by atoms with Gasteiger partial charge in [0.25, 0.3) is 0 Å². The maximum Gasteiger partial charge on any atom is 0.407 e. The minimum Gasteiger partial charge on any atom is -0.453 e. The fraction of sp³-hybridized carbons (Fsp3) is 0.439. The number of rotatable bonds is 10. The number of alkyl carbamates (subject to hydrolysis) is 2. The Hall–Kier alpha value is -5.99. The Kier molecular flexibility index (Phi) is 9.30. The lowest BCUT2D eigenvalue weighted by Crippen LogP contribution is -2.49. The van der Waals surface area contributed by atoms with Gasteiger partial charge in [0, 0.05) is 29.6 Å². The third kappa shape index (κ3) is 6.90. The van der Waals surface area contributed by atoms with E-state index in [2.05, 4.69) is 32.7 Å². The molecule has 3 aromatic heterocycles. The zero-order valence-corrected chi connectivity index (χ0v) is 31.4. The molecule has 4 atom stereocenters. The van der Waals surface area contributed by atoms with E-state index in [0.29, 0.717) is 13.1 Å². The molecule has 290 valence electrons. The third-order valence-electron chi connectivity index (χ3n) is 11.7. The number of nitrogens with one attached hydrogen (secondary N) is 4. The van der Waals surface area contributed by atoms with Crippen LogP contribution >= 0.6 is 0 Å². The standard InChI is InChI=1S/C41H45N9O6/c1-55-40(53)47-34(22-7-8-22)38(51)49-17-3-5-32(49)36-42-21-31(46-36)25-12-15-27-24(19-25)11-14-28(43-27)26-13-16-29-30(20-26)45-37(44-29)33-6-4-18-50(33)39(52)35(23-9-10-23)48-41(54)56-2/h11-16,19-23,32-35H,3-10,17-18H2,1-2H3,(H,42,46)(H,44,45)(H,47,53)(H,48,54). The lowest BCUT2D eigenvalue weighted by Gasteiger charge is -2.28. The Morgan fingerprint density at radius 2 is 1.30 bits per heavy atom. The van der Waals surface area contributed by atoms with Gasteiger partial charge in [-0.15, -0.1) is 0 Å². The van der Waals surface area contributed by atoms with Crippen molar-refractivity contribution in [3.05, 3.63) is 66.4 Å². The molecule has 4 N–H and O–H groups in total. The Balaban J connectivity index is 0.905. The molecule has 5 aromatic rings. The fourth-order valence-corrected chi connectivity index (χ4v) is 8.43. The lowest BCUT2D eigenvalue weighted by atomic mass is 10.1. The number of aromatic nitrogens is 5. The molecule has 5 heterocycles. The SMILES string of the molecule is COC(=O)NC(C(=O)N1CCCC1c1ncc(-c2ccc3nc(-c4ccc5nc(C6CCCN6C(=O)C(NC(=O)OC)C6CC6)[nH]c5c4)ccc3c2)[nH]1)C1CC1. The van der Waals surface area contributed by atoms with Crippen LogP contribution in [0.5, 0.6) is 0 Å². The molecule has 15 nitrogen and oxygen atoms in total. The van der Waals surface area contributed by atoms with Crippen molar-refractivity contribution in [2.45, 2.75) is 75.5 Å². The first kappa shape index (κ1) is 35.7. The van der Waals surface area contributed by atoms with E-state index >= 15 is 0 Å². The Morgan fingerprint density at radius 3 is 1.93 bits per heavy atom. The van der Waals surface area contributed by atoms with E-state index in [0.717, 1.165) is 107 Å². The van der Waals surface area contributed by atoms with Crippen molar-refractivity contribution in [2.24, 2.45) is 11.8 Å². The zero-order chi connectivity index (χ0) is 38.5. The molecule has 2 saturated heterocycles. The quantitative estimate of drug-likeness (QED) is 0.137. The van der Waals surface area contributed by atoms with Crippen molar-refractivity contribution in [2.75, 3.05) is 27.3 Å². The Morgan fingerprint density at radius 1 is 0.696 bits per heavy atom. The molecule has 2 aliphatic carbocycles. The fourth-order valence-electron chi connectivity index (χ4n) is 8.43. The van der Waals surface area contributed by atoms with Crippen LogP contribution in [0, 0.1) is 11.8 Å². The minimum absolute atomic E-state index is 0.0846. The van der Waals surface area contributed by atoms with Gasteiger partial charge >= 0.3 is 12.2 Å². The molecular weight excluding hydrogens is 715 g/mol. The number of imidazole rings is 2. The molecular formula is C41H45N9O6. The molecule has 0 spiro atoms. The third-order valence-corrected chi connectivity index (χ3v) is 11.7. The van der Waals surface area contributed by atoms with Crippen LogP contribution in [-0.2, 0) is 19.1 Å². The summed E-state index contributed by atoms with van der Waals surface area (Å²) < 4.78 is 9.59. The van der Waals surface area contributed by atoms with E-state index in [1.54, 1.807) is 0 Å². The molecule has 9 rings (SSSR count). The first-order valence-electron chi connectivity index (χ1n) is 19.5. The van der Waals surface area contributed by atoms with Crippen molar-refractivity contribution < 1.29 is 28.7 Å². The first-order chi connectivity index (χ1) is 27.3. The maximum atomic E-state index is 13.7. The summed E-state index contributed by atoms with van der Waals surface area (Å²) in [6, 6.07) is 14.6. The molecule has 2 aliphatic heterocycles. The van der Waals surface area contributed by atoms with E-state index in [4.69, 9.17) is 24.4 Å². The van der Waals surface area contributed by atoms with Gasteiger partial charge < -0.3 is 39.9 Å². The van der Waals surface area contributed by atoms with Gasteiger partial charge in [-0.3, -0.25) is 9.59 Å². The second-order valence-corrected chi connectivity index (χ2v) is 15.4. The molecule has 15 heteroatoms. The number of methoxy groups -OCH3 is 2. The van der Waals surface area contributed by atoms with E-state index in [9.17, 15) is 19.2 Å². The number of carbonyl (C=O) groups excluding carboxylic acids is 4. The number of H-pyrrole nitrogens is 2. The van der Waals surface area contributed by atoms with Gasteiger partial charge in [0.2, 0.25) is 11.8 Å². The highest BCUT2D eigenvalue weighted by Crippen LogP contribution is 2.39. The van der Waals surface area contributed by atoms with Crippen LogP contribution in [0.2, 0.25) is 0 Å². The molecule has 56 heavy (non-hydrogen) atoms. The smallest absolute Gasteiger partial charge is 0.407 e. The number of fused-ring (bicyclic) bond motifs is 2. The zero-order valence-electron chi connectivity index (χ0n) is 31.4. The molecule has 0 bridgehead atoms. The van der Waals surface area contributed by atoms with Crippen LogP contribution in [0.1, 0.15) is 75.1 Å². The average molecular weight is 760 g/mol. The van der Waals surface area contributed by atoms with Gasteiger partial charge in [-0.05, 0) is 93.5 Å². The molecule has 2 aromatic carbocycles. The van der Waals surface area contributed by atoms with Crippen molar-refractivity contribution in [3.63, 3.8) is 0 Å². The number of carbonyl (C=O) groups is 4. The summed E-state index contributed by atoms with van der Waals surface area (Å²) in [5.41, 5.74) is 6.09. The second-order valence-electron chi connectivity index (χ2n) is 15.4. The van der Waals surface area contributed by atoms with E-state index in [1.807, 2.05) is 52.4 Å². The second kappa shape index (κ2) is 14.6. The van der Waals surface area contributed by atoms with E-state index < -0.39 is 24.3 Å². The summed E-state index contributed by atoms with van der Waals surface area (Å²) in [7, 11) is 2.62. The monoisotopic (exact) mass is 759 g/mol. The molecule has 2 saturated carbocycles. The highest BCUT2D eigenvalue weighted by molar-refractivity contribution is 5.89. The summed E-state index contributed by atoms with van der Waals surface area (Å²) >= 11 is 0. The van der Waals surface area contributed by atoms with Crippen LogP contribution in [-0.4, -0.2) is 98.1 Å². The number of amides is 4. The van der Waals surface area contributed by atoms with Crippen molar-refractivity contribution in [1.82, 2.24) is 45.4 Å². The predicted octanol–water partition coefficient (Wildman–Crippen LogP) is 5.76. The number of aromatic amines is 2. The summed E-state index contributed by atoms with van der Waals surface area (Å²) in [5, 5.41) is 6.50. The van der Waals surface area contributed by atoms with E-state index in [-0.39, 0.29) is 35.7 Å². The average Bonchev–Trinajstić information content (AvgIpc) is 3.97. The number of likely N-dealkylation sites (tertiary alicyclic amines) is 2. The van der Waals surface area contributed by atoms with Crippen LogP contribution in [0.4, 0.5) is 9.59 Å². The van der Waals surface area contributed by atoms with Crippen LogP contribution in [0.15, 0.2) is 54.7 Å². The summed E-state index contributed by atoms with van der Waals surface area (Å²) in [6.07, 6.45) is 7.57. The van der Waals surface area contributed by atoms with Gasteiger partial charge in [0.05, 0.1) is 60.4 Å². The van der Waals surface area contributed by atoms with Crippen LogP contribution < -0.4 is 10.6 Å². The number of nitrogens with zero attached hydrogens (tertiary/aromatic N) is 5. The molecule has 0 radical (unpaired) electrons. The lowest BCUT2D eigenvalue weighted by molar-refractivity contribution is -0.135. The number of hydrogen-bond acceptors (Lipinski definition) is 9. The van der Waals surface area contributed by atoms with Crippen molar-refractivity contribution in [3.8, 4) is 22.5 Å². The van der Waals surface area contributed by atoms with Crippen LogP contribution in [0.3, 0.4) is 0 Å². The topological polar surface area (TPSA) is 188 Å². The van der Waals surface area contributed by atoms with Gasteiger partial charge in [-0.25, -0.2) is 24.5 Å². The van der Waals surface area contributed by atoms with Gasteiger partial charge in [0.1, 0.15) is 23.7 Å². The maximum absolute atomic E-state index is 13.7. The van der Waals surface area contributed by atoms with Gasteiger partial charge in [-0.2, -0.15) is 0 Å². The molecule has 4 unspecified atom stereocenters. The predicted molar refractivity (Wildman–Crippen MR) is 206 cm³/mol. The van der Waals surface area contributed by atoms with Gasteiger partial charge in [0.15, 0.2) is 0 Å². The highest BCUT2D eigenvalue weighted by Gasteiger charge is 2.44. The minimum atomic E-state index is -0.589. The number of ether oxygens (including phenoxy) is 2. The summed E-state index contributed by atoms with van der Waals surface area (Å²) in [5.74, 6) is 1.57. The summed E-state index contributed by atoms with van der Waals surface area (Å²) in [4.78, 5) is 76.5. The molecule has 4 amide bonds. The van der Waals surface area contributed by atoms with Crippen LogP contribution in [0.25, 0.3) is 44.5 Å². The number of pyridine rings is 1. The first-order valence-corrected chi connectivity index (χ1v) is 19.5. The molecule has 4 fully saturated rings.